The van der Waals surface area contributed by atoms with E-state index in [0.717, 1.165) is 24.1 Å². The first-order valence-electron chi connectivity index (χ1n) is 4.99. The van der Waals surface area contributed by atoms with E-state index in [1.54, 1.807) is 0 Å². The number of halogens is 1. The van der Waals surface area contributed by atoms with E-state index in [1.807, 2.05) is 19.4 Å². The molecule has 1 rings (SSSR count). The summed E-state index contributed by atoms with van der Waals surface area (Å²) >= 11 is 3.44. The summed E-state index contributed by atoms with van der Waals surface area (Å²) in [5.74, 6) is 1.14. The van der Waals surface area contributed by atoms with Gasteiger partial charge >= 0.3 is 0 Å². The van der Waals surface area contributed by atoms with Crippen LogP contribution in [0.25, 0.3) is 0 Å². The molecule has 0 aliphatic carbocycles. The van der Waals surface area contributed by atoms with Gasteiger partial charge in [0.15, 0.2) is 0 Å². The van der Waals surface area contributed by atoms with Crippen LogP contribution < -0.4 is 5.32 Å². The first kappa shape index (κ1) is 11.7. The van der Waals surface area contributed by atoms with Gasteiger partial charge in [0.05, 0.1) is 0 Å². The molecule has 1 aromatic heterocycles. The van der Waals surface area contributed by atoms with E-state index in [9.17, 15) is 0 Å². The van der Waals surface area contributed by atoms with Crippen LogP contribution in [-0.4, -0.2) is 27.5 Å². The number of imidazole rings is 1. The maximum atomic E-state index is 4.27. The number of hydrogen-bond donors (Lipinski definition) is 1. The molecule has 0 aliphatic rings. The molecule has 1 atom stereocenters. The third-order valence-electron chi connectivity index (χ3n) is 2.30. The van der Waals surface area contributed by atoms with Crippen LogP contribution in [0.5, 0.6) is 0 Å². The smallest absolute Gasteiger partial charge is 0.109 e. The minimum atomic E-state index is 0.578. The fourth-order valence-corrected chi connectivity index (χ4v) is 2.02. The van der Waals surface area contributed by atoms with Gasteiger partial charge < -0.3 is 9.88 Å². The van der Waals surface area contributed by atoms with Gasteiger partial charge in [-0.05, 0) is 13.3 Å². The van der Waals surface area contributed by atoms with Crippen LogP contribution in [0.2, 0.25) is 0 Å². The highest BCUT2D eigenvalue weighted by atomic mass is 79.9. The summed E-state index contributed by atoms with van der Waals surface area (Å²) in [7, 11) is 2.03. The molecule has 80 valence electrons. The number of hydrogen-bond acceptors (Lipinski definition) is 2. The van der Waals surface area contributed by atoms with Gasteiger partial charge in [0.2, 0.25) is 0 Å². The Labute approximate surface area is 94.0 Å². The van der Waals surface area contributed by atoms with E-state index in [2.05, 4.69) is 37.7 Å². The fraction of sp³-hybridized carbons (Fsp3) is 0.700. The molecule has 1 aromatic rings. The average Bonchev–Trinajstić information content (AvgIpc) is 2.52. The molecule has 14 heavy (non-hydrogen) atoms. The molecule has 0 aliphatic heterocycles. The van der Waals surface area contributed by atoms with Crippen molar-refractivity contribution in [3.05, 3.63) is 18.2 Å². The van der Waals surface area contributed by atoms with Crippen molar-refractivity contribution in [1.29, 1.82) is 0 Å². The van der Waals surface area contributed by atoms with Crippen LogP contribution in [0.15, 0.2) is 12.4 Å². The molecule has 1 N–H and O–H groups in total. The summed E-state index contributed by atoms with van der Waals surface area (Å²) < 4.78 is 2.07. The summed E-state index contributed by atoms with van der Waals surface area (Å²) in [6.45, 7) is 3.21. The Morgan fingerprint density at radius 3 is 3.00 bits per heavy atom. The van der Waals surface area contributed by atoms with Crippen molar-refractivity contribution in [2.45, 2.75) is 25.8 Å². The summed E-state index contributed by atoms with van der Waals surface area (Å²) in [4.78, 5) is 4.27. The van der Waals surface area contributed by atoms with Crippen molar-refractivity contribution in [3.8, 4) is 0 Å². The molecule has 0 fully saturated rings. The molecule has 1 unspecified atom stereocenters. The molecule has 0 bridgehead atoms. The average molecular weight is 260 g/mol. The van der Waals surface area contributed by atoms with Crippen molar-refractivity contribution in [1.82, 2.24) is 14.9 Å². The van der Waals surface area contributed by atoms with Crippen LogP contribution in [0.4, 0.5) is 0 Å². The first-order chi connectivity index (χ1) is 6.74. The molecule has 3 nitrogen and oxygen atoms in total. The topological polar surface area (TPSA) is 29.9 Å². The molecule has 0 spiro atoms. The second-order valence-corrected chi connectivity index (χ2v) is 4.33. The van der Waals surface area contributed by atoms with E-state index in [0.29, 0.717) is 6.04 Å². The Morgan fingerprint density at radius 1 is 1.64 bits per heavy atom. The molecular weight excluding hydrogens is 242 g/mol. The number of aromatic nitrogens is 2. The summed E-state index contributed by atoms with van der Waals surface area (Å²) in [5, 5.41) is 4.52. The number of alkyl halides is 1. The van der Waals surface area contributed by atoms with Gasteiger partial charge in [-0.15, -0.1) is 0 Å². The second kappa shape index (κ2) is 6.19. The molecule has 4 heteroatoms. The summed E-state index contributed by atoms with van der Waals surface area (Å²) in [5.41, 5.74) is 0. The molecular formula is C10H18BrN3. The highest BCUT2D eigenvalue weighted by Crippen LogP contribution is 1.97. The quantitative estimate of drug-likeness (QED) is 0.789. The third-order valence-corrected chi connectivity index (χ3v) is 2.76. The van der Waals surface area contributed by atoms with E-state index in [1.165, 1.54) is 6.42 Å². The maximum Gasteiger partial charge on any atom is 0.109 e. The van der Waals surface area contributed by atoms with Crippen LogP contribution in [0.3, 0.4) is 0 Å². The van der Waals surface area contributed by atoms with Gasteiger partial charge in [0.1, 0.15) is 5.82 Å². The van der Waals surface area contributed by atoms with Gasteiger partial charge in [-0.25, -0.2) is 4.98 Å². The van der Waals surface area contributed by atoms with E-state index >= 15 is 0 Å². The van der Waals surface area contributed by atoms with Crippen LogP contribution >= 0.6 is 15.9 Å². The van der Waals surface area contributed by atoms with Crippen LogP contribution in [0.1, 0.15) is 19.2 Å². The minimum Gasteiger partial charge on any atom is -0.338 e. The van der Waals surface area contributed by atoms with Crippen molar-refractivity contribution in [3.63, 3.8) is 0 Å². The predicted octanol–water partition coefficient (Wildman–Crippen LogP) is 1.73. The maximum absolute atomic E-state index is 4.27. The van der Waals surface area contributed by atoms with E-state index in [4.69, 9.17) is 0 Å². The Morgan fingerprint density at radius 2 is 2.43 bits per heavy atom. The monoisotopic (exact) mass is 259 g/mol. The molecule has 0 amide bonds. The standard InChI is InChI=1S/C10H18BrN3/c1-9(3-5-11)12-6-4-10-13-7-8-14(10)2/h7-9,12H,3-6H2,1-2H3. The lowest BCUT2D eigenvalue weighted by Gasteiger charge is -2.11. The van der Waals surface area contributed by atoms with Crippen LogP contribution in [-0.2, 0) is 13.5 Å². The van der Waals surface area contributed by atoms with Gasteiger partial charge in [0.25, 0.3) is 0 Å². The molecule has 0 saturated carbocycles. The van der Waals surface area contributed by atoms with Crippen molar-refractivity contribution in [2.75, 3.05) is 11.9 Å². The zero-order chi connectivity index (χ0) is 10.4. The fourth-order valence-electron chi connectivity index (χ4n) is 1.33. The van der Waals surface area contributed by atoms with E-state index in [-0.39, 0.29) is 0 Å². The van der Waals surface area contributed by atoms with Crippen molar-refractivity contribution >= 4 is 15.9 Å². The Balaban J connectivity index is 2.19. The van der Waals surface area contributed by atoms with Crippen molar-refractivity contribution < 1.29 is 0 Å². The number of aryl methyl sites for hydroxylation is 1. The minimum absolute atomic E-state index is 0.578. The highest BCUT2D eigenvalue weighted by Gasteiger charge is 2.01. The zero-order valence-electron chi connectivity index (χ0n) is 8.83. The van der Waals surface area contributed by atoms with Gasteiger partial charge in [-0.1, -0.05) is 15.9 Å². The van der Waals surface area contributed by atoms with Gasteiger partial charge in [-0.3, -0.25) is 0 Å². The highest BCUT2D eigenvalue weighted by molar-refractivity contribution is 9.09. The molecule has 0 saturated heterocycles. The number of rotatable bonds is 6. The van der Waals surface area contributed by atoms with Crippen molar-refractivity contribution in [2.24, 2.45) is 7.05 Å². The second-order valence-electron chi connectivity index (χ2n) is 3.54. The Bertz CT molecular complexity index is 260. The molecule has 0 aromatic carbocycles. The lowest BCUT2D eigenvalue weighted by atomic mass is 10.2. The largest absolute Gasteiger partial charge is 0.338 e. The summed E-state index contributed by atoms with van der Waals surface area (Å²) in [6, 6.07) is 0.578. The molecule has 1 heterocycles. The zero-order valence-corrected chi connectivity index (χ0v) is 10.4. The normalized spacial score (nSPS) is 13.1. The molecule has 0 radical (unpaired) electrons. The lowest BCUT2D eigenvalue weighted by molar-refractivity contribution is 0.533. The van der Waals surface area contributed by atoms with Gasteiger partial charge in [0, 0.05) is 43.8 Å². The SMILES string of the molecule is CC(CCBr)NCCc1nccn1C. The lowest BCUT2D eigenvalue weighted by Crippen LogP contribution is -2.28. The third kappa shape index (κ3) is 3.80. The van der Waals surface area contributed by atoms with E-state index < -0.39 is 0 Å². The number of nitrogens with one attached hydrogen (secondary N) is 1. The first-order valence-corrected chi connectivity index (χ1v) is 6.11. The predicted molar refractivity (Wildman–Crippen MR) is 62.8 cm³/mol. The summed E-state index contributed by atoms with van der Waals surface area (Å²) in [6.07, 6.45) is 5.99. The number of nitrogens with zero attached hydrogens (tertiary/aromatic N) is 2. The Kier molecular flexibility index (Phi) is 5.19. The van der Waals surface area contributed by atoms with Gasteiger partial charge in [-0.2, -0.15) is 0 Å². The van der Waals surface area contributed by atoms with Crippen LogP contribution in [0, 0.1) is 0 Å². The Hall–Kier alpha value is -0.350.